The molecule has 20 heavy (non-hydrogen) atoms. The number of nitrogens with one attached hydrogen (secondary N) is 1. The summed E-state index contributed by atoms with van der Waals surface area (Å²) in [5.74, 6) is -2.59. The van der Waals surface area contributed by atoms with E-state index >= 15 is 0 Å². The van der Waals surface area contributed by atoms with Gasteiger partial charge in [0.15, 0.2) is 11.4 Å². The molecule has 0 aliphatic heterocycles. The van der Waals surface area contributed by atoms with E-state index in [1.165, 1.54) is 6.92 Å². The van der Waals surface area contributed by atoms with E-state index in [2.05, 4.69) is 9.47 Å². The van der Waals surface area contributed by atoms with Crippen molar-refractivity contribution in [3.8, 4) is 5.75 Å². The molecule has 0 bridgehead atoms. The lowest BCUT2D eigenvalue weighted by Gasteiger charge is -2.13. The molecule has 0 amide bonds. The number of rotatable bonds is 4. The van der Waals surface area contributed by atoms with E-state index in [4.69, 9.17) is 0 Å². The highest BCUT2D eigenvalue weighted by atomic mass is 19.4. The van der Waals surface area contributed by atoms with Crippen LogP contribution in [0, 0.1) is 0 Å². The second-order valence-electron chi connectivity index (χ2n) is 3.36. The number of hydrogen-bond acceptors (Lipinski definition) is 4. The van der Waals surface area contributed by atoms with E-state index in [9.17, 15) is 31.5 Å². The van der Waals surface area contributed by atoms with Crippen molar-refractivity contribution in [3.63, 3.8) is 0 Å². The fourth-order valence-electron chi connectivity index (χ4n) is 1.25. The molecule has 1 aromatic rings. The Balaban J connectivity index is 3.37. The zero-order valence-electron chi connectivity index (χ0n) is 9.88. The normalized spacial score (nSPS) is 11.6. The van der Waals surface area contributed by atoms with Crippen LogP contribution in [0.3, 0.4) is 0 Å². The molecule has 1 N–H and O–H groups in total. The first kappa shape index (κ1) is 15.9. The summed E-state index contributed by atoms with van der Waals surface area (Å²) in [7, 11) is 0. The summed E-state index contributed by atoms with van der Waals surface area (Å²) in [4.78, 5) is 24.2. The third kappa shape index (κ3) is 3.93. The first-order chi connectivity index (χ1) is 9.15. The van der Waals surface area contributed by atoms with Gasteiger partial charge in [-0.1, -0.05) is 0 Å². The van der Waals surface area contributed by atoms with Crippen LogP contribution in [0.2, 0.25) is 0 Å². The molecule has 1 rings (SSSR count). The quantitative estimate of drug-likeness (QED) is 0.685. The van der Waals surface area contributed by atoms with Gasteiger partial charge < -0.3 is 14.5 Å². The van der Waals surface area contributed by atoms with Crippen molar-refractivity contribution < 1.29 is 36.2 Å². The summed E-state index contributed by atoms with van der Waals surface area (Å²) in [6.07, 6.45) is -8.55. The number of aromatic nitrogens is 1. The van der Waals surface area contributed by atoms with Crippen molar-refractivity contribution >= 4 is 5.97 Å². The van der Waals surface area contributed by atoms with Crippen molar-refractivity contribution in [1.82, 2.24) is 4.98 Å². The molecule has 0 saturated carbocycles. The Kier molecular flexibility index (Phi) is 4.69. The zero-order chi connectivity index (χ0) is 15.5. The monoisotopic (exact) mass is 301 g/mol. The average Bonchev–Trinajstić information content (AvgIpc) is 2.29. The van der Waals surface area contributed by atoms with Gasteiger partial charge in [0.05, 0.1) is 12.2 Å². The average molecular weight is 301 g/mol. The highest BCUT2D eigenvalue weighted by molar-refractivity contribution is 5.90. The molecule has 0 aliphatic rings. The molecule has 0 atom stereocenters. The Bertz CT molecular complexity index is 552. The molecule has 0 spiro atoms. The lowest BCUT2D eigenvalue weighted by atomic mass is 10.2. The molecule has 0 radical (unpaired) electrons. The maximum atomic E-state index is 12.4. The van der Waals surface area contributed by atoms with Gasteiger partial charge in [-0.3, -0.25) is 4.79 Å². The van der Waals surface area contributed by atoms with E-state index in [0.29, 0.717) is 0 Å². The SMILES string of the molecule is CCOC(=O)c1[nH]c(=O)c(C(F)F)cc1OC(F)(F)F. The molecular formula is C10H8F5NO4. The first-order valence-electron chi connectivity index (χ1n) is 5.14. The number of pyridine rings is 1. The molecule has 1 aromatic heterocycles. The molecule has 10 heteroatoms. The number of esters is 1. The number of hydrogen-bond donors (Lipinski definition) is 1. The minimum Gasteiger partial charge on any atom is -0.461 e. The molecular weight excluding hydrogens is 293 g/mol. The standard InChI is InChI=1S/C10H8F5NO4/c1-2-19-9(18)6-5(20-10(13,14)15)3-4(7(11)12)8(17)16-6/h3,7H,2H2,1H3,(H,16,17). The van der Waals surface area contributed by atoms with Gasteiger partial charge >= 0.3 is 12.3 Å². The summed E-state index contributed by atoms with van der Waals surface area (Å²) in [5, 5.41) is 0. The van der Waals surface area contributed by atoms with Gasteiger partial charge in [-0.15, -0.1) is 13.2 Å². The van der Waals surface area contributed by atoms with Gasteiger partial charge in [0, 0.05) is 0 Å². The minimum absolute atomic E-state index is 0.156. The predicted molar refractivity (Wildman–Crippen MR) is 54.7 cm³/mol. The van der Waals surface area contributed by atoms with Crippen LogP contribution in [-0.2, 0) is 4.74 Å². The second-order valence-corrected chi connectivity index (χ2v) is 3.36. The van der Waals surface area contributed by atoms with Gasteiger partial charge in [-0.25, -0.2) is 13.6 Å². The highest BCUT2D eigenvalue weighted by Gasteiger charge is 2.34. The van der Waals surface area contributed by atoms with Crippen molar-refractivity contribution in [2.24, 2.45) is 0 Å². The van der Waals surface area contributed by atoms with Crippen LogP contribution < -0.4 is 10.3 Å². The lowest BCUT2D eigenvalue weighted by Crippen LogP contribution is -2.24. The van der Waals surface area contributed by atoms with Crippen molar-refractivity contribution in [2.45, 2.75) is 19.7 Å². The van der Waals surface area contributed by atoms with Crippen LogP contribution >= 0.6 is 0 Å². The molecule has 0 aliphatic carbocycles. The maximum absolute atomic E-state index is 12.4. The molecule has 0 unspecified atom stereocenters. The minimum atomic E-state index is -5.22. The fraction of sp³-hybridized carbons (Fsp3) is 0.400. The van der Waals surface area contributed by atoms with E-state index in [0.717, 1.165) is 0 Å². The third-order valence-electron chi connectivity index (χ3n) is 1.97. The largest absolute Gasteiger partial charge is 0.573 e. The van der Waals surface area contributed by atoms with E-state index in [-0.39, 0.29) is 12.7 Å². The molecule has 0 aromatic carbocycles. The molecule has 112 valence electrons. The number of alkyl halides is 5. The van der Waals surface area contributed by atoms with E-state index < -0.39 is 41.3 Å². The maximum Gasteiger partial charge on any atom is 0.573 e. The van der Waals surface area contributed by atoms with Gasteiger partial charge in [-0.05, 0) is 13.0 Å². The number of carbonyl (C=O) groups is 1. The van der Waals surface area contributed by atoms with Gasteiger partial charge in [0.1, 0.15) is 0 Å². The predicted octanol–water partition coefficient (Wildman–Crippen LogP) is 2.39. The molecule has 0 saturated heterocycles. The summed E-state index contributed by atoms with van der Waals surface area (Å²) in [5.41, 5.74) is -3.64. The van der Waals surface area contributed by atoms with Crippen molar-refractivity contribution in [1.29, 1.82) is 0 Å². The Morgan fingerprint density at radius 1 is 1.40 bits per heavy atom. The summed E-state index contributed by atoms with van der Waals surface area (Å²) >= 11 is 0. The van der Waals surface area contributed by atoms with Crippen LogP contribution in [0.25, 0.3) is 0 Å². The number of ether oxygens (including phenoxy) is 2. The Labute approximate surface area is 108 Å². The number of carbonyl (C=O) groups excluding carboxylic acids is 1. The Hall–Kier alpha value is -2.13. The van der Waals surface area contributed by atoms with Gasteiger partial charge in [-0.2, -0.15) is 0 Å². The van der Waals surface area contributed by atoms with Gasteiger partial charge in [0.2, 0.25) is 0 Å². The second kappa shape index (κ2) is 5.88. The van der Waals surface area contributed by atoms with E-state index in [1.807, 2.05) is 0 Å². The Morgan fingerprint density at radius 2 is 2.00 bits per heavy atom. The zero-order valence-corrected chi connectivity index (χ0v) is 9.88. The van der Waals surface area contributed by atoms with Crippen LogP contribution in [0.15, 0.2) is 10.9 Å². The van der Waals surface area contributed by atoms with Crippen LogP contribution in [0.4, 0.5) is 22.0 Å². The summed E-state index contributed by atoms with van der Waals surface area (Å²) in [6, 6.07) is 0.156. The Morgan fingerprint density at radius 3 is 2.45 bits per heavy atom. The van der Waals surface area contributed by atoms with E-state index in [1.54, 1.807) is 4.98 Å². The third-order valence-corrected chi connectivity index (χ3v) is 1.97. The smallest absolute Gasteiger partial charge is 0.461 e. The topological polar surface area (TPSA) is 68.4 Å². The number of H-pyrrole nitrogens is 1. The lowest BCUT2D eigenvalue weighted by molar-refractivity contribution is -0.274. The number of aromatic amines is 1. The van der Waals surface area contributed by atoms with Crippen LogP contribution in [0.5, 0.6) is 5.75 Å². The van der Waals surface area contributed by atoms with Crippen molar-refractivity contribution in [2.75, 3.05) is 6.61 Å². The molecule has 1 heterocycles. The summed E-state index contributed by atoms with van der Waals surface area (Å²) < 4.78 is 69.2. The first-order valence-corrected chi connectivity index (χ1v) is 5.14. The van der Waals surface area contributed by atoms with Crippen molar-refractivity contribution in [3.05, 3.63) is 27.7 Å². The fourth-order valence-corrected chi connectivity index (χ4v) is 1.25. The molecule has 5 nitrogen and oxygen atoms in total. The number of halogens is 5. The van der Waals surface area contributed by atoms with Crippen LogP contribution in [-0.4, -0.2) is 23.9 Å². The molecule has 0 fully saturated rings. The van der Waals surface area contributed by atoms with Gasteiger partial charge in [0.25, 0.3) is 12.0 Å². The van der Waals surface area contributed by atoms with Crippen LogP contribution in [0.1, 0.15) is 29.4 Å². The summed E-state index contributed by atoms with van der Waals surface area (Å²) in [6.45, 7) is 1.18. The highest BCUT2D eigenvalue weighted by Crippen LogP contribution is 2.28.